The molecule has 1 aromatic rings. The largest absolute Gasteiger partial charge is 0.365 e. The van der Waals surface area contributed by atoms with Crippen molar-refractivity contribution >= 4 is 6.34 Å². The number of benzene rings is 1. The highest BCUT2D eigenvalue weighted by Gasteiger charge is 2.15. The number of hydrogen-bond acceptors (Lipinski definition) is 2. The molecule has 1 aliphatic heterocycles. The molecular formula is C11H13FN2. The Kier molecular flexibility index (Phi) is 2.48. The van der Waals surface area contributed by atoms with E-state index < -0.39 is 0 Å². The lowest BCUT2D eigenvalue weighted by atomic mass is 9.98. The van der Waals surface area contributed by atoms with E-state index in [1.807, 2.05) is 25.5 Å². The SMILES string of the molecule is CN1C=NCC(c2ccc(F)cc2)C1. The molecule has 0 amide bonds. The predicted octanol–water partition coefficient (Wildman–Crippen LogP) is 1.88. The molecule has 2 nitrogen and oxygen atoms in total. The van der Waals surface area contributed by atoms with Gasteiger partial charge in [0.1, 0.15) is 5.82 Å². The van der Waals surface area contributed by atoms with E-state index in [1.54, 1.807) is 0 Å². The van der Waals surface area contributed by atoms with E-state index in [0.29, 0.717) is 5.92 Å². The van der Waals surface area contributed by atoms with E-state index >= 15 is 0 Å². The average Bonchev–Trinajstić information content (AvgIpc) is 2.19. The lowest BCUT2D eigenvalue weighted by Gasteiger charge is -2.25. The Hall–Kier alpha value is -1.38. The van der Waals surface area contributed by atoms with Gasteiger partial charge in [0, 0.05) is 26.1 Å². The molecule has 0 radical (unpaired) electrons. The molecule has 1 unspecified atom stereocenters. The molecule has 0 aromatic heterocycles. The molecule has 0 spiro atoms. The van der Waals surface area contributed by atoms with Gasteiger partial charge in [-0.15, -0.1) is 0 Å². The number of likely N-dealkylation sites (N-methyl/N-ethyl adjacent to an activating group) is 1. The maximum absolute atomic E-state index is 12.7. The summed E-state index contributed by atoms with van der Waals surface area (Å²) >= 11 is 0. The van der Waals surface area contributed by atoms with Crippen LogP contribution < -0.4 is 0 Å². The second kappa shape index (κ2) is 3.78. The molecule has 74 valence electrons. The van der Waals surface area contributed by atoms with Crippen molar-refractivity contribution in [1.82, 2.24) is 4.90 Å². The first-order chi connectivity index (χ1) is 6.75. The van der Waals surface area contributed by atoms with Crippen molar-refractivity contribution in [3.63, 3.8) is 0 Å². The quantitative estimate of drug-likeness (QED) is 0.663. The summed E-state index contributed by atoms with van der Waals surface area (Å²) in [5, 5.41) is 0. The van der Waals surface area contributed by atoms with Crippen molar-refractivity contribution in [2.75, 3.05) is 20.1 Å². The minimum atomic E-state index is -0.179. The van der Waals surface area contributed by atoms with Crippen LogP contribution in [0.4, 0.5) is 4.39 Å². The molecule has 3 heteroatoms. The summed E-state index contributed by atoms with van der Waals surface area (Å²) in [6.07, 6.45) is 1.85. The van der Waals surface area contributed by atoms with Crippen molar-refractivity contribution in [2.45, 2.75) is 5.92 Å². The molecule has 1 heterocycles. The Morgan fingerprint density at radius 3 is 2.71 bits per heavy atom. The van der Waals surface area contributed by atoms with E-state index in [9.17, 15) is 4.39 Å². The Morgan fingerprint density at radius 1 is 1.36 bits per heavy atom. The zero-order valence-corrected chi connectivity index (χ0v) is 8.15. The van der Waals surface area contributed by atoms with Crippen LogP contribution >= 0.6 is 0 Å². The molecule has 0 N–H and O–H groups in total. The van der Waals surface area contributed by atoms with E-state index in [1.165, 1.54) is 12.1 Å². The topological polar surface area (TPSA) is 15.6 Å². The van der Waals surface area contributed by atoms with E-state index in [4.69, 9.17) is 0 Å². The molecule has 0 bridgehead atoms. The Bertz CT molecular complexity index is 332. The van der Waals surface area contributed by atoms with Crippen LogP contribution in [0, 0.1) is 5.82 Å². The highest BCUT2D eigenvalue weighted by Crippen LogP contribution is 2.19. The van der Waals surface area contributed by atoms with Gasteiger partial charge >= 0.3 is 0 Å². The van der Waals surface area contributed by atoms with Gasteiger partial charge in [-0.05, 0) is 17.7 Å². The van der Waals surface area contributed by atoms with Gasteiger partial charge in [0.2, 0.25) is 0 Å². The number of aliphatic imine (C=N–C) groups is 1. The van der Waals surface area contributed by atoms with Crippen molar-refractivity contribution in [3.05, 3.63) is 35.6 Å². The first-order valence-electron chi connectivity index (χ1n) is 4.71. The second-order valence-electron chi connectivity index (χ2n) is 3.67. The normalized spacial score (nSPS) is 21.3. The number of rotatable bonds is 1. The standard InChI is InChI=1S/C11H13FN2/c1-14-7-10(6-13-8-14)9-2-4-11(12)5-3-9/h2-5,8,10H,6-7H2,1H3. The van der Waals surface area contributed by atoms with Crippen LogP contribution in [0.5, 0.6) is 0 Å². The first-order valence-corrected chi connectivity index (χ1v) is 4.71. The maximum Gasteiger partial charge on any atom is 0.123 e. The third kappa shape index (κ3) is 1.92. The van der Waals surface area contributed by atoms with Gasteiger partial charge in [-0.3, -0.25) is 4.99 Å². The van der Waals surface area contributed by atoms with Gasteiger partial charge in [0.25, 0.3) is 0 Å². The van der Waals surface area contributed by atoms with Crippen molar-refractivity contribution < 1.29 is 4.39 Å². The highest BCUT2D eigenvalue weighted by molar-refractivity contribution is 5.56. The monoisotopic (exact) mass is 192 g/mol. The molecule has 1 atom stereocenters. The smallest absolute Gasteiger partial charge is 0.123 e. The zero-order valence-electron chi connectivity index (χ0n) is 8.15. The summed E-state index contributed by atoms with van der Waals surface area (Å²) in [5.41, 5.74) is 1.16. The van der Waals surface area contributed by atoms with Crippen molar-refractivity contribution in [2.24, 2.45) is 4.99 Å². The summed E-state index contributed by atoms with van der Waals surface area (Å²) in [7, 11) is 2.00. The summed E-state index contributed by atoms with van der Waals surface area (Å²) in [5.74, 6) is 0.215. The highest BCUT2D eigenvalue weighted by atomic mass is 19.1. The molecule has 0 saturated carbocycles. The average molecular weight is 192 g/mol. The fraction of sp³-hybridized carbons (Fsp3) is 0.364. The van der Waals surface area contributed by atoms with E-state index in [0.717, 1.165) is 18.7 Å². The van der Waals surface area contributed by atoms with Crippen molar-refractivity contribution in [1.29, 1.82) is 0 Å². The molecule has 14 heavy (non-hydrogen) atoms. The minimum Gasteiger partial charge on any atom is -0.365 e. The van der Waals surface area contributed by atoms with E-state index in [2.05, 4.69) is 9.89 Å². The minimum absolute atomic E-state index is 0.179. The lowest BCUT2D eigenvalue weighted by Crippen LogP contribution is -2.29. The Morgan fingerprint density at radius 2 is 2.07 bits per heavy atom. The van der Waals surface area contributed by atoms with E-state index in [-0.39, 0.29) is 5.82 Å². The summed E-state index contributed by atoms with van der Waals surface area (Å²) in [6.45, 7) is 1.76. The first kappa shape index (κ1) is 9.19. The summed E-state index contributed by atoms with van der Waals surface area (Å²) < 4.78 is 12.7. The van der Waals surface area contributed by atoms with Crippen LogP contribution in [0.2, 0.25) is 0 Å². The van der Waals surface area contributed by atoms with Gasteiger partial charge in [0.05, 0.1) is 6.34 Å². The molecule has 0 fully saturated rings. The molecule has 0 saturated heterocycles. The van der Waals surface area contributed by atoms with Crippen LogP contribution in [-0.4, -0.2) is 31.4 Å². The van der Waals surface area contributed by atoms with Crippen LogP contribution in [0.1, 0.15) is 11.5 Å². The Labute approximate surface area is 83.1 Å². The maximum atomic E-state index is 12.7. The Balaban J connectivity index is 2.15. The predicted molar refractivity (Wildman–Crippen MR) is 55.1 cm³/mol. The van der Waals surface area contributed by atoms with Crippen molar-refractivity contribution in [3.8, 4) is 0 Å². The van der Waals surface area contributed by atoms with Crippen LogP contribution in [0.3, 0.4) is 0 Å². The summed E-state index contributed by atoms with van der Waals surface area (Å²) in [4.78, 5) is 6.30. The van der Waals surface area contributed by atoms with Crippen LogP contribution in [0.25, 0.3) is 0 Å². The van der Waals surface area contributed by atoms with Gasteiger partial charge in [0.15, 0.2) is 0 Å². The second-order valence-corrected chi connectivity index (χ2v) is 3.67. The molecule has 2 rings (SSSR count). The molecular weight excluding hydrogens is 179 g/mol. The third-order valence-electron chi connectivity index (χ3n) is 2.45. The van der Waals surface area contributed by atoms with Gasteiger partial charge in [-0.1, -0.05) is 12.1 Å². The fourth-order valence-electron chi connectivity index (χ4n) is 1.71. The van der Waals surface area contributed by atoms with Gasteiger partial charge < -0.3 is 4.90 Å². The van der Waals surface area contributed by atoms with Crippen LogP contribution in [-0.2, 0) is 0 Å². The van der Waals surface area contributed by atoms with Crippen LogP contribution in [0.15, 0.2) is 29.3 Å². The van der Waals surface area contributed by atoms with Gasteiger partial charge in [-0.2, -0.15) is 0 Å². The molecule has 0 aliphatic carbocycles. The third-order valence-corrected chi connectivity index (χ3v) is 2.45. The number of nitrogens with zero attached hydrogens (tertiary/aromatic N) is 2. The molecule has 1 aliphatic rings. The summed E-state index contributed by atoms with van der Waals surface area (Å²) in [6, 6.07) is 6.70. The van der Waals surface area contributed by atoms with Gasteiger partial charge in [-0.25, -0.2) is 4.39 Å². The number of halogens is 1. The number of hydrogen-bond donors (Lipinski definition) is 0. The fourth-order valence-corrected chi connectivity index (χ4v) is 1.71. The zero-order chi connectivity index (χ0) is 9.97. The lowest BCUT2D eigenvalue weighted by molar-refractivity contribution is 0.439. The molecule has 1 aromatic carbocycles.